The van der Waals surface area contributed by atoms with Gasteiger partial charge in [0.25, 0.3) is 5.91 Å². The Labute approximate surface area is 218 Å². The predicted molar refractivity (Wildman–Crippen MR) is 132 cm³/mol. The molecular formula is C28H30F3N3O4. The lowest BCUT2D eigenvalue weighted by atomic mass is 9.75. The highest BCUT2D eigenvalue weighted by molar-refractivity contribution is 6.05. The summed E-state index contributed by atoms with van der Waals surface area (Å²) in [4.78, 5) is 40.5. The summed E-state index contributed by atoms with van der Waals surface area (Å²) in [5, 5.41) is 14.0. The standard InChI is InChI=1S/C28H30F3N3O4/c1-26(2)16-27(38,11-12-33(26)14-17-3-5-19(6-4-17)28(29,30)31)20-7-8-21-18(13-20)15-34(25(21)37)22-9-10-23(35)32-24(22)36/h3-8,13,22,38H,9-12,14-16H2,1-2H3,(H,32,35,36). The normalized spacial score (nSPS) is 25.9. The minimum Gasteiger partial charge on any atom is -0.385 e. The average Bonchev–Trinajstić information content (AvgIpc) is 3.16. The topological polar surface area (TPSA) is 90.0 Å². The van der Waals surface area contributed by atoms with Crippen LogP contribution in [0.5, 0.6) is 0 Å². The van der Waals surface area contributed by atoms with Crippen LogP contribution in [0.4, 0.5) is 13.2 Å². The molecule has 7 nitrogen and oxygen atoms in total. The third-order valence-electron chi connectivity index (χ3n) is 8.09. The number of aliphatic hydroxyl groups is 1. The van der Waals surface area contributed by atoms with E-state index in [0.717, 1.165) is 23.3 Å². The van der Waals surface area contributed by atoms with E-state index in [-0.39, 0.29) is 31.2 Å². The highest BCUT2D eigenvalue weighted by Gasteiger charge is 2.45. The van der Waals surface area contributed by atoms with Gasteiger partial charge < -0.3 is 10.0 Å². The van der Waals surface area contributed by atoms with Gasteiger partial charge in [-0.1, -0.05) is 24.3 Å². The third kappa shape index (κ3) is 4.82. The summed E-state index contributed by atoms with van der Waals surface area (Å²) in [5.74, 6) is -1.07. The van der Waals surface area contributed by atoms with Gasteiger partial charge in [0.1, 0.15) is 6.04 Å². The van der Waals surface area contributed by atoms with Crippen LogP contribution in [-0.4, -0.2) is 50.8 Å². The number of piperidine rings is 2. The number of hydrogen-bond acceptors (Lipinski definition) is 5. The molecule has 3 aliphatic heterocycles. The van der Waals surface area contributed by atoms with Gasteiger partial charge in [-0.15, -0.1) is 0 Å². The monoisotopic (exact) mass is 529 g/mol. The third-order valence-corrected chi connectivity index (χ3v) is 8.09. The fraction of sp³-hybridized carbons (Fsp3) is 0.464. The van der Waals surface area contributed by atoms with Crippen LogP contribution in [0.15, 0.2) is 42.5 Å². The maximum absolute atomic E-state index is 13.0. The number of halogens is 3. The van der Waals surface area contributed by atoms with E-state index in [1.54, 1.807) is 12.1 Å². The van der Waals surface area contributed by atoms with Crippen molar-refractivity contribution < 1.29 is 32.7 Å². The highest BCUT2D eigenvalue weighted by atomic mass is 19.4. The molecule has 3 heterocycles. The lowest BCUT2D eigenvalue weighted by Gasteiger charge is -2.49. The smallest absolute Gasteiger partial charge is 0.385 e. The molecule has 0 saturated carbocycles. The SMILES string of the molecule is CC1(C)CC(O)(c2ccc3c(c2)CN(C2CCC(=O)NC2=O)C3=O)CCN1Cc1ccc(C(F)(F)F)cc1. The number of rotatable bonds is 4. The molecule has 0 radical (unpaired) electrons. The number of nitrogens with zero attached hydrogens (tertiary/aromatic N) is 2. The lowest BCUT2D eigenvalue weighted by Crippen LogP contribution is -2.54. The van der Waals surface area contributed by atoms with Crippen molar-refractivity contribution in [1.82, 2.24) is 15.1 Å². The Kier molecular flexibility index (Phi) is 6.38. The molecule has 0 aliphatic carbocycles. The molecule has 2 fully saturated rings. The van der Waals surface area contributed by atoms with E-state index >= 15 is 0 Å². The summed E-state index contributed by atoms with van der Waals surface area (Å²) in [6.07, 6.45) is -3.10. The number of nitrogens with one attached hydrogen (secondary N) is 1. The van der Waals surface area contributed by atoms with Crippen molar-refractivity contribution in [3.05, 3.63) is 70.3 Å². The van der Waals surface area contributed by atoms with Gasteiger partial charge in [0.2, 0.25) is 11.8 Å². The van der Waals surface area contributed by atoms with E-state index < -0.39 is 34.8 Å². The van der Waals surface area contributed by atoms with Gasteiger partial charge >= 0.3 is 6.18 Å². The molecule has 2 aromatic rings. The van der Waals surface area contributed by atoms with Gasteiger partial charge in [0, 0.05) is 37.2 Å². The molecule has 10 heteroatoms. The average molecular weight is 530 g/mol. The fourth-order valence-electron chi connectivity index (χ4n) is 5.96. The Bertz CT molecular complexity index is 1290. The number of hydrogen-bond donors (Lipinski definition) is 2. The first-order valence-corrected chi connectivity index (χ1v) is 12.7. The molecule has 0 spiro atoms. The fourth-order valence-corrected chi connectivity index (χ4v) is 5.96. The van der Waals surface area contributed by atoms with E-state index in [1.807, 2.05) is 19.9 Å². The van der Waals surface area contributed by atoms with Crippen LogP contribution >= 0.6 is 0 Å². The van der Waals surface area contributed by atoms with E-state index in [0.29, 0.717) is 37.1 Å². The van der Waals surface area contributed by atoms with Gasteiger partial charge in [-0.3, -0.25) is 24.6 Å². The number of fused-ring (bicyclic) bond motifs is 1. The lowest BCUT2D eigenvalue weighted by molar-refractivity contribution is -0.138. The van der Waals surface area contributed by atoms with E-state index in [1.165, 1.54) is 17.0 Å². The van der Waals surface area contributed by atoms with Crippen LogP contribution in [0.25, 0.3) is 0 Å². The van der Waals surface area contributed by atoms with E-state index in [4.69, 9.17) is 0 Å². The van der Waals surface area contributed by atoms with Crippen LogP contribution in [0, 0.1) is 0 Å². The number of amides is 3. The molecule has 3 aliphatic rings. The van der Waals surface area contributed by atoms with Gasteiger partial charge in [0.05, 0.1) is 11.2 Å². The molecule has 5 rings (SSSR count). The zero-order valence-electron chi connectivity index (χ0n) is 21.3. The van der Waals surface area contributed by atoms with Crippen LogP contribution in [0.3, 0.4) is 0 Å². The molecule has 2 N–H and O–H groups in total. The predicted octanol–water partition coefficient (Wildman–Crippen LogP) is 3.73. The molecule has 0 bridgehead atoms. The summed E-state index contributed by atoms with van der Waals surface area (Å²) in [6, 6.07) is 9.74. The summed E-state index contributed by atoms with van der Waals surface area (Å²) in [5.41, 5.74) is 0.387. The summed E-state index contributed by atoms with van der Waals surface area (Å²) in [6.45, 7) is 5.23. The quantitative estimate of drug-likeness (QED) is 0.590. The van der Waals surface area contributed by atoms with Gasteiger partial charge in [0.15, 0.2) is 0 Å². The second-order valence-electron chi connectivity index (χ2n) is 11.2. The Morgan fingerprint density at radius 2 is 1.79 bits per heavy atom. The first-order valence-electron chi connectivity index (χ1n) is 12.7. The molecule has 38 heavy (non-hydrogen) atoms. The van der Waals surface area contributed by atoms with Crippen LogP contribution < -0.4 is 5.32 Å². The number of carbonyl (C=O) groups excluding carboxylic acids is 3. The minimum absolute atomic E-state index is 0.180. The van der Waals surface area contributed by atoms with Crippen molar-refractivity contribution in [3.8, 4) is 0 Å². The van der Waals surface area contributed by atoms with Crippen LogP contribution in [-0.2, 0) is 34.5 Å². The summed E-state index contributed by atoms with van der Waals surface area (Å²) in [7, 11) is 0. The Balaban J connectivity index is 1.30. The summed E-state index contributed by atoms with van der Waals surface area (Å²) < 4.78 is 38.7. The molecular weight excluding hydrogens is 499 g/mol. The number of carbonyl (C=O) groups is 3. The zero-order valence-corrected chi connectivity index (χ0v) is 21.3. The largest absolute Gasteiger partial charge is 0.416 e. The Morgan fingerprint density at radius 1 is 1.08 bits per heavy atom. The molecule has 2 aromatic carbocycles. The zero-order chi connectivity index (χ0) is 27.5. The van der Waals surface area contributed by atoms with E-state index in [9.17, 15) is 32.7 Å². The van der Waals surface area contributed by atoms with Gasteiger partial charge in [-0.05, 0) is 68.0 Å². The molecule has 2 saturated heterocycles. The minimum atomic E-state index is -4.38. The number of imide groups is 1. The molecule has 2 unspecified atom stereocenters. The molecule has 0 aromatic heterocycles. The maximum Gasteiger partial charge on any atom is 0.416 e. The van der Waals surface area contributed by atoms with Crippen molar-refractivity contribution >= 4 is 17.7 Å². The summed E-state index contributed by atoms with van der Waals surface area (Å²) >= 11 is 0. The van der Waals surface area contributed by atoms with Gasteiger partial charge in [-0.2, -0.15) is 13.2 Å². The van der Waals surface area contributed by atoms with Crippen molar-refractivity contribution in [2.24, 2.45) is 0 Å². The number of benzene rings is 2. The molecule has 3 amide bonds. The van der Waals surface area contributed by atoms with Crippen molar-refractivity contribution in [2.75, 3.05) is 6.54 Å². The first kappa shape index (κ1) is 26.4. The van der Waals surface area contributed by atoms with Crippen LogP contribution in [0.2, 0.25) is 0 Å². The Morgan fingerprint density at radius 3 is 2.42 bits per heavy atom. The molecule has 2 atom stereocenters. The maximum atomic E-state index is 13.0. The Hall–Kier alpha value is -3.24. The van der Waals surface area contributed by atoms with Gasteiger partial charge in [-0.25, -0.2) is 0 Å². The van der Waals surface area contributed by atoms with Crippen molar-refractivity contribution in [1.29, 1.82) is 0 Å². The second-order valence-corrected chi connectivity index (χ2v) is 11.2. The number of alkyl halides is 3. The number of likely N-dealkylation sites (tertiary alicyclic amines) is 1. The van der Waals surface area contributed by atoms with Crippen molar-refractivity contribution in [3.63, 3.8) is 0 Å². The van der Waals surface area contributed by atoms with E-state index in [2.05, 4.69) is 10.2 Å². The first-order chi connectivity index (χ1) is 17.8. The molecule has 202 valence electrons. The second kappa shape index (κ2) is 9.20. The van der Waals surface area contributed by atoms with Crippen molar-refractivity contribution in [2.45, 2.75) is 76.0 Å². The van der Waals surface area contributed by atoms with Crippen LogP contribution in [0.1, 0.15) is 72.1 Å². The highest BCUT2D eigenvalue weighted by Crippen LogP contribution is 2.43.